The number of hydrogen-bond donors (Lipinski definition) is 0. The zero-order chi connectivity index (χ0) is 9.68. The molecule has 1 rings (SSSR count). The summed E-state index contributed by atoms with van der Waals surface area (Å²) in [5, 5.41) is 0. The first-order chi connectivity index (χ1) is 6.26. The predicted octanol–water partition coefficient (Wildman–Crippen LogP) is 2.12. The smallest absolute Gasteiger partial charge is 0.123 e. The lowest BCUT2D eigenvalue weighted by molar-refractivity contribution is 0.179. The largest absolute Gasteiger partial charge is 0.380 e. The van der Waals surface area contributed by atoms with Gasteiger partial charge in [0.15, 0.2) is 0 Å². The molecule has 1 aromatic rings. The van der Waals surface area contributed by atoms with Crippen molar-refractivity contribution in [1.29, 1.82) is 0 Å². The van der Waals surface area contributed by atoms with Crippen LogP contribution >= 0.6 is 0 Å². The number of methoxy groups -OCH3 is 2. The van der Waals surface area contributed by atoms with E-state index in [4.69, 9.17) is 9.47 Å². The van der Waals surface area contributed by atoms with Crippen LogP contribution in [-0.4, -0.2) is 14.2 Å². The highest BCUT2D eigenvalue weighted by molar-refractivity contribution is 5.23. The van der Waals surface area contributed by atoms with E-state index in [1.54, 1.807) is 14.2 Å². The minimum atomic E-state index is -0.249. The summed E-state index contributed by atoms with van der Waals surface area (Å²) >= 11 is 0. The van der Waals surface area contributed by atoms with E-state index in [1.807, 2.05) is 6.07 Å². The van der Waals surface area contributed by atoms with Gasteiger partial charge in [-0.05, 0) is 23.3 Å². The SMILES string of the molecule is COCc1cc(F)cc(COC)c1. The Morgan fingerprint density at radius 3 is 1.85 bits per heavy atom. The minimum Gasteiger partial charge on any atom is -0.380 e. The summed E-state index contributed by atoms with van der Waals surface area (Å²) in [4.78, 5) is 0. The van der Waals surface area contributed by atoms with Crippen LogP contribution in [-0.2, 0) is 22.7 Å². The summed E-state index contributed by atoms with van der Waals surface area (Å²) < 4.78 is 22.8. The molecule has 0 aliphatic heterocycles. The average Bonchev–Trinajstić information content (AvgIpc) is 2.04. The Balaban J connectivity index is 2.83. The summed E-state index contributed by atoms with van der Waals surface area (Å²) in [5.41, 5.74) is 1.66. The van der Waals surface area contributed by atoms with Gasteiger partial charge in [0.25, 0.3) is 0 Å². The van der Waals surface area contributed by atoms with E-state index in [1.165, 1.54) is 12.1 Å². The van der Waals surface area contributed by atoms with Gasteiger partial charge in [0.05, 0.1) is 13.2 Å². The molecule has 13 heavy (non-hydrogen) atoms. The van der Waals surface area contributed by atoms with E-state index in [0.717, 1.165) is 11.1 Å². The maximum absolute atomic E-state index is 13.0. The van der Waals surface area contributed by atoms with Gasteiger partial charge in [0.2, 0.25) is 0 Å². The molecule has 3 heteroatoms. The molecule has 0 heterocycles. The van der Waals surface area contributed by atoms with Crippen molar-refractivity contribution in [2.24, 2.45) is 0 Å². The molecule has 2 nitrogen and oxygen atoms in total. The molecule has 0 amide bonds. The molecule has 0 fully saturated rings. The van der Waals surface area contributed by atoms with Crippen molar-refractivity contribution in [3.63, 3.8) is 0 Å². The van der Waals surface area contributed by atoms with Gasteiger partial charge < -0.3 is 9.47 Å². The third-order valence-corrected chi connectivity index (χ3v) is 1.64. The fraction of sp³-hybridized carbons (Fsp3) is 0.400. The summed E-state index contributed by atoms with van der Waals surface area (Å²) in [5.74, 6) is -0.249. The topological polar surface area (TPSA) is 18.5 Å². The normalized spacial score (nSPS) is 10.4. The second-order valence-corrected chi connectivity index (χ2v) is 2.83. The van der Waals surface area contributed by atoms with Crippen molar-refractivity contribution in [2.45, 2.75) is 13.2 Å². The Morgan fingerprint density at radius 2 is 1.46 bits per heavy atom. The highest BCUT2D eigenvalue weighted by atomic mass is 19.1. The molecule has 0 unspecified atom stereocenters. The zero-order valence-electron chi connectivity index (χ0n) is 7.84. The fourth-order valence-electron chi connectivity index (χ4n) is 1.22. The standard InChI is InChI=1S/C10H13FO2/c1-12-6-8-3-9(7-13-2)5-10(11)4-8/h3-5H,6-7H2,1-2H3. The minimum absolute atomic E-state index is 0.249. The summed E-state index contributed by atoms with van der Waals surface area (Å²) in [7, 11) is 3.17. The molecule has 0 radical (unpaired) electrons. The fourth-order valence-corrected chi connectivity index (χ4v) is 1.22. The summed E-state index contributed by atoms with van der Waals surface area (Å²) in [6.45, 7) is 0.850. The van der Waals surface area contributed by atoms with Crippen molar-refractivity contribution < 1.29 is 13.9 Å². The van der Waals surface area contributed by atoms with E-state index in [2.05, 4.69) is 0 Å². The molecular formula is C10H13FO2. The molecule has 1 aromatic carbocycles. The van der Waals surface area contributed by atoms with Crippen molar-refractivity contribution in [3.8, 4) is 0 Å². The van der Waals surface area contributed by atoms with Crippen LogP contribution in [0.5, 0.6) is 0 Å². The van der Waals surface area contributed by atoms with E-state index in [-0.39, 0.29) is 5.82 Å². The first-order valence-electron chi connectivity index (χ1n) is 4.02. The van der Waals surface area contributed by atoms with E-state index < -0.39 is 0 Å². The summed E-state index contributed by atoms with van der Waals surface area (Å²) in [6, 6.07) is 4.79. The third kappa shape index (κ3) is 3.13. The Hall–Kier alpha value is -0.930. The van der Waals surface area contributed by atoms with Crippen molar-refractivity contribution in [2.75, 3.05) is 14.2 Å². The van der Waals surface area contributed by atoms with Crippen LogP contribution in [0, 0.1) is 5.82 Å². The Morgan fingerprint density at radius 1 is 1.00 bits per heavy atom. The van der Waals surface area contributed by atoms with Gasteiger partial charge in [0, 0.05) is 14.2 Å². The lowest BCUT2D eigenvalue weighted by Gasteiger charge is -2.04. The van der Waals surface area contributed by atoms with Crippen LogP contribution in [0.4, 0.5) is 4.39 Å². The van der Waals surface area contributed by atoms with Crippen LogP contribution in [0.1, 0.15) is 11.1 Å². The predicted molar refractivity (Wildman–Crippen MR) is 47.8 cm³/mol. The Kier molecular flexibility index (Phi) is 3.86. The van der Waals surface area contributed by atoms with Crippen molar-refractivity contribution in [1.82, 2.24) is 0 Å². The Labute approximate surface area is 77.3 Å². The van der Waals surface area contributed by atoms with Gasteiger partial charge in [-0.2, -0.15) is 0 Å². The second kappa shape index (κ2) is 4.94. The zero-order valence-corrected chi connectivity index (χ0v) is 7.84. The van der Waals surface area contributed by atoms with Gasteiger partial charge in [-0.15, -0.1) is 0 Å². The molecule has 0 saturated carbocycles. The van der Waals surface area contributed by atoms with Gasteiger partial charge >= 0.3 is 0 Å². The van der Waals surface area contributed by atoms with Gasteiger partial charge in [-0.1, -0.05) is 6.07 Å². The van der Waals surface area contributed by atoms with E-state index >= 15 is 0 Å². The van der Waals surface area contributed by atoms with Gasteiger partial charge in [0.1, 0.15) is 5.82 Å². The van der Waals surface area contributed by atoms with E-state index in [9.17, 15) is 4.39 Å². The van der Waals surface area contributed by atoms with Crippen LogP contribution in [0.3, 0.4) is 0 Å². The Bertz CT molecular complexity index is 249. The molecule has 0 atom stereocenters. The molecular weight excluding hydrogens is 171 g/mol. The average molecular weight is 184 g/mol. The van der Waals surface area contributed by atoms with Crippen LogP contribution in [0.2, 0.25) is 0 Å². The lowest BCUT2D eigenvalue weighted by Crippen LogP contribution is -1.94. The van der Waals surface area contributed by atoms with Crippen molar-refractivity contribution >= 4 is 0 Å². The summed E-state index contributed by atoms with van der Waals surface area (Å²) in [6.07, 6.45) is 0. The highest BCUT2D eigenvalue weighted by Gasteiger charge is 2.00. The number of hydrogen-bond acceptors (Lipinski definition) is 2. The molecule has 0 bridgehead atoms. The lowest BCUT2D eigenvalue weighted by atomic mass is 10.1. The monoisotopic (exact) mass is 184 g/mol. The number of benzene rings is 1. The van der Waals surface area contributed by atoms with Crippen LogP contribution < -0.4 is 0 Å². The van der Waals surface area contributed by atoms with Gasteiger partial charge in [-0.25, -0.2) is 4.39 Å². The quantitative estimate of drug-likeness (QED) is 0.713. The molecule has 0 saturated heterocycles. The van der Waals surface area contributed by atoms with Gasteiger partial charge in [-0.3, -0.25) is 0 Å². The van der Waals surface area contributed by atoms with Crippen molar-refractivity contribution in [3.05, 3.63) is 35.1 Å². The maximum atomic E-state index is 13.0. The number of halogens is 1. The molecule has 72 valence electrons. The van der Waals surface area contributed by atoms with Crippen LogP contribution in [0.15, 0.2) is 18.2 Å². The molecule has 0 aliphatic rings. The first kappa shape index (κ1) is 10.2. The molecule has 0 aromatic heterocycles. The molecule has 0 spiro atoms. The number of rotatable bonds is 4. The first-order valence-corrected chi connectivity index (χ1v) is 4.02. The maximum Gasteiger partial charge on any atom is 0.123 e. The van der Waals surface area contributed by atoms with E-state index in [0.29, 0.717) is 13.2 Å². The second-order valence-electron chi connectivity index (χ2n) is 2.83. The number of ether oxygens (including phenoxy) is 2. The third-order valence-electron chi connectivity index (χ3n) is 1.64. The highest BCUT2D eigenvalue weighted by Crippen LogP contribution is 2.10. The van der Waals surface area contributed by atoms with Crippen LogP contribution in [0.25, 0.3) is 0 Å². The molecule has 0 N–H and O–H groups in total. The molecule has 0 aliphatic carbocycles.